The Morgan fingerprint density at radius 2 is 2.15 bits per heavy atom. The Balaban J connectivity index is 2.68. The van der Waals surface area contributed by atoms with Crippen LogP contribution in [0, 0.1) is 5.92 Å². The Bertz CT molecular complexity index is 424. The lowest BCUT2D eigenvalue weighted by molar-refractivity contribution is -0.146. The standard InChI is InChI=1S/C12H24N2O5S/c1-4-19-12(16)10-6-5-7-14(10)20(17,18)13-8-11(15)9(2)3/h9-11,13,15H,4-8H2,1-3H3. The molecule has 2 unspecified atom stereocenters. The molecule has 7 nitrogen and oxygen atoms in total. The minimum Gasteiger partial charge on any atom is -0.465 e. The summed E-state index contributed by atoms with van der Waals surface area (Å²) in [4.78, 5) is 11.7. The summed E-state index contributed by atoms with van der Waals surface area (Å²) in [6.07, 6.45) is 0.331. The molecule has 1 heterocycles. The number of hydrogen-bond donors (Lipinski definition) is 2. The number of rotatable bonds is 7. The van der Waals surface area contributed by atoms with Crippen molar-refractivity contribution in [2.24, 2.45) is 5.92 Å². The highest BCUT2D eigenvalue weighted by atomic mass is 32.2. The normalized spacial score (nSPS) is 22.1. The average molecular weight is 308 g/mol. The van der Waals surface area contributed by atoms with Crippen molar-refractivity contribution in [1.82, 2.24) is 9.03 Å². The van der Waals surface area contributed by atoms with E-state index in [1.54, 1.807) is 20.8 Å². The number of esters is 1. The van der Waals surface area contributed by atoms with Crippen molar-refractivity contribution < 1.29 is 23.1 Å². The van der Waals surface area contributed by atoms with Crippen LogP contribution in [0.3, 0.4) is 0 Å². The first-order valence-corrected chi connectivity index (χ1v) is 8.34. The van der Waals surface area contributed by atoms with E-state index in [9.17, 15) is 18.3 Å². The monoisotopic (exact) mass is 308 g/mol. The summed E-state index contributed by atoms with van der Waals surface area (Å²) in [7, 11) is -3.78. The number of nitrogens with one attached hydrogen (secondary N) is 1. The molecule has 1 saturated heterocycles. The molecule has 0 bridgehead atoms. The second-order valence-corrected chi connectivity index (χ2v) is 6.89. The van der Waals surface area contributed by atoms with Crippen molar-refractivity contribution in [3.05, 3.63) is 0 Å². The van der Waals surface area contributed by atoms with Gasteiger partial charge in [0.25, 0.3) is 10.2 Å². The van der Waals surface area contributed by atoms with E-state index >= 15 is 0 Å². The number of hydrogen-bond acceptors (Lipinski definition) is 5. The molecule has 0 spiro atoms. The first kappa shape index (κ1) is 17.4. The van der Waals surface area contributed by atoms with Crippen molar-refractivity contribution in [2.45, 2.75) is 45.8 Å². The smallest absolute Gasteiger partial charge is 0.324 e. The molecule has 0 aromatic heterocycles. The first-order valence-electron chi connectivity index (χ1n) is 6.90. The molecule has 118 valence electrons. The van der Waals surface area contributed by atoms with Crippen molar-refractivity contribution in [2.75, 3.05) is 19.7 Å². The predicted octanol–water partition coefficient (Wildman–Crippen LogP) is -0.135. The van der Waals surface area contributed by atoms with Gasteiger partial charge in [0.2, 0.25) is 0 Å². The Morgan fingerprint density at radius 3 is 2.70 bits per heavy atom. The summed E-state index contributed by atoms with van der Waals surface area (Å²) < 4.78 is 32.7. The van der Waals surface area contributed by atoms with Gasteiger partial charge >= 0.3 is 5.97 Å². The van der Waals surface area contributed by atoms with Crippen LogP contribution in [0.4, 0.5) is 0 Å². The summed E-state index contributed by atoms with van der Waals surface area (Å²) in [6.45, 7) is 5.74. The van der Waals surface area contributed by atoms with Crippen molar-refractivity contribution in [3.8, 4) is 0 Å². The molecular formula is C12H24N2O5S. The van der Waals surface area contributed by atoms with Crippen LogP contribution in [0.25, 0.3) is 0 Å². The third-order valence-corrected chi connectivity index (χ3v) is 4.90. The van der Waals surface area contributed by atoms with Crippen LogP contribution in [-0.2, 0) is 19.7 Å². The Morgan fingerprint density at radius 1 is 1.50 bits per heavy atom. The molecule has 0 aromatic carbocycles. The summed E-state index contributed by atoms with van der Waals surface area (Å²) in [5.41, 5.74) is 0. The number of aliphatic hydroxyl groups is 1. The van der Waals surface area contributed by atoms with Gasteiger partial charge in [0.15, 0.2) is 0 Å². The SMILES string of the molecule is CCOC(=O)C1CCCN1S(=O)(=O)NCC(O)C(C)C. The second kappa shape index (κ2) is 7.35. The lowest BCUT2D eigenvalue weighted by Gasteiger charge is -2.24. The lowest BCUT2D eigenvalue weighted by Crippen LogP contribution is -2.49. The maximum atomic E-state index is 12.2. The predicted molar refractivity (Wildman–Crippen MR) is 74.1 cm³/mol. The molecule has 20 heavy (non-hydrogen) atoms. The van der Waals surface area contributed by atoms with Crippen molar-refractivity contribution >= 4 is 16.2 Å². The molecule has 0 radical (unpaired) electrons. The minimum absolute atomic E-state index is 0.0443. The number of aliphatic hydroxyl groups excluding tert-OH is 1. The first-order chi connectivity index (χ1) is 9.29. The van der Waals surface area contributed by atoms with Crippen molar-refractivity contribution in [3.63, 3.8) is 0 Å². The average Bonchev–Trinajstić information content (AvgIpc) is 2.86. The maximum absolute atomic E-state index is 12.2. The summed E-state index contributed by atoms with van der Waals surface area (Å²) >= 11 is 0. The van der Waals surface area contributed by atoms with E-state index < -0.39 is 28.3 Å². The van der Waals surface area contributed by atoms with Crippen LogP contribution in [0.2, 0.25) is 0 Å². The maximum Gasteiger partial charge on any atom is 0.324 e. The molecule has 0 saturated carbocycles. The number of carbonyl (C=O) groups is 1. The van der Waals surface area contributed by atoms with Crippen LogP contribution >= 0.6 is 0 Å². The molecule has 1 aliphatic rings. The molecule has 1 rings (SSSR count). The fraction of sp³-hybridized carbons (Fsp3) is 0.917. The third-order valence-electron chi connectivity index (χ3n) is 3.32. The fourth-order valence-electron chi connectivity index (χ4n) is 2.01. The van der Waals surface area contributed by atoms with Gasteiger partial charge in [-0.1, -0.05) is 13.8 Å². The van der Waals surface area contributed by atoms with Gasteiger partial charge < -0.3 is 9.84 Å². The summed E-state index contributed by atoms with van der Waals surface area (Å²) in [5.74, 6) is -0.558. The minimum atomic E-state index is -3.78. The molecule has 0 aromatic rings. The van der Waals surface area contributed by atoms with Crippen LogP contribution in [-0.4, -0.2) is 55.6 Å². The largest absolute Gasteiger partial charge is 0.465 e. The Hall–Kier alpha value is -0.700. The molecular weight excluding hydrogens is 284 g/mol. The molecule has 1 aliphatic heterocycles. The zero-order chi connectivity index (χ0) is 15.3. The van der Waals surface area contributed by atoms with Crippen LogP contribution in [0.5, 0.6) is 0 Å². The van der Waals surface area contributed by atoms with Gasteiger partial charge in [-0.25, -0.2) is 0 Å². The third kappa shape index (κ3) is 4.41. The molecule has 1 fully saturated rings. The van der Waals surface area contributed by atoms with E-state index in [0.29, 0.717) is 12.8 Å². The Labute approximate surface area is 120 Å². The zero-order valence-corrected chi connectivity index (χ0v) is 13.0. The van der Waals surface area contributed by atoms with E-state index in [0.717, 1.165) is 4.31 Å². The van der Waals surface area contributed by atoms with Gasteiger partial charge in [0, 0.05) is 13.1 Å². The molecule has 2 N–H and O–H groups in total. The highest BCUT2D eigenvalue weighted by molar-refractivity contribution is 7.87. The van der Waals surface area contributed by atoms with E-state index in [4.69, 9.17) is 4.74 Å². The van der Waals surface area contributed by atoms with Crippen molar-refractivity contribution in [1.29, 1.82) is 0 Å². The lowest BCUT2D eigenvalue weighted by atomic mass is 10.1. The van der Waals surface area contributed by atoms with Gasteiger partial charge in [-0.05, 0) is 25.7 Å². The van der Waals surface area contributed by atoms with Crippen LogP contribution < -0.4 is 4.72 Å². The fourth-order valence-corrected chi connectivity index (χ4v) is 3.45. The second-order valence-electron chi connectivity index (χ2n) is 5.19. The van der Waals surface area contributed by atoms with Gasteiger partial charge in [-0.2, -0.15) is 17.4 Å². The van der Waals surface area contributed by atoms with Gasteiger partial charge in [-0.3, -0.25) is 4.79 Å². The van der Waals surface area contributed by atoms with E-state index in [2.05, 4.69) is 4.72 Å². The molecule has 2 atom stereocenters. The summed E-state index contributed by atoms with van der Waals surface area (Å²) in [5, 5.41) is 9.65. The van der Waals surface area contributed by atoms with E-state index in [-0.39, 0.29) is 25.6 Å². The highest BCUT2D eigenvalue weighted by Gasteiger charge is 2.39. The van der Waals surface area contributed by atoms with Gasteiger partial charge in [-0.15, -0.1) is 0 Å². The topological polar surface area (TPSA) is 95.9 Å². The summed E-state index contributed by atoms with van der Waals surface area (Å²) in [6, 6.07) is -0.761. The number of carbonyl (C=O) groups excluding carboxylic acids is 1. The number of nitrogens with zero attached hydrogens (tertiary/aromatic N) is 1. The van der Waals surface area contributed by atoms with Gasteiger partial charge in [0.1, 0.15) is 6.04 Å². The van der Waals surface area contributed by atoms with E-state index in [1.165, 1.54) is 0 Å². The Kier molecular flexibility index (Phi) is 6.38. The quantitative estimate of drug-likeness (QED) is 0.639. The van der Waals surface area contributed by atoms with E-state index in [1.807, 2.05) is 0 Å². The zero-order valence-electron chi connectivity index (χ0n) is 12.2. The van der Waals surface area contributed by atoms with Gasteiger partial charge in [0.05, 0.1) is 12.7 Å². The highest BCUT2D eigenvalue weighted by Crippen LogP contribution is 2.21. The molecule has 8 heteroatoms. The van der Waals surface area contributed by atoms with Crippen LogP contribution in [0.15, 0.2) is 0 Å². The molecule has 0 aliphatic carbocycles. The number of ether oxygens (including phenoxy) is 1. The van der Waals surface area contributed by atoms with Crippen LogP contribution in [0.1, 0.15) is 33.6 Å². The molecule has 0 amide bonds.